The van der Waals surface area contributed by atoms with Gasteiger partial charge in [-0.25, -0.2) is 4.79 Å². The minimum atomic E-state index is -0.871. The molecular formula is C21H26O7. The summed E-state index contributed by atoms with van der Waals surface area (Å²) in [6, 6.07) is 11.3. The van der Waals surface area contributed by atoms with E-state index in [1.165, 1.54) is 0 Å². The summed E-state index contributed by atoms with van der Waals surface area (Å²) < 4.78 is 26.6. The van der Waals surface area contributed by atoms with E-state index in [0.29, 0.717) is 38.8 Å². The summed E-state index contributed by atoms with van der Waals surface area (Å²) in [4.78, 5) is 10.8. The quantitative estimate of drug-likeness (QED) is 0.244. The van der Waals surface area contributed by atoms with Gasteiger partial charge < -0.3 is 28.8 Å². The van der Waals surface area contributed by atoms with E-state index in [-0.39, 0.29) is 6.61 Å². The summed E-state index contributed by atoms with van der Waals surface area (Å²) in [5.41, 5.74) is 0. The van der Waals surface area contributed by atoms with Gasteiger partial charge in [-0.2, -0.15) is 0 Å². The van der Waals surface area contributed by atoms with Crippen LogP contribution in [0.15, 0.2) is 49.1 Å². The Labute approximate surface area is 164 Å². The Morgan fingerprint density at radius 3 is 2.50 bits per heavy atom. The van der Waals surface area contributed by atoms with Crippen molar-refractivity contribution in [3.05, 3.63) is 49.1 Å². The number of carbonyl (C=O) groups is 1. The lowest BCUT2D eigenvalue weighted by molar-refractivity contribution is -0.139. The summed E-state index contributed by atoms with van der Waals surface area (Å²) in [5, 5.41) is 11.3. The lowest BCUT2D eigenvalue weighted by Gasteiger charge is -2.12. The monoisotopic (exact) mass is 390 g/mol. The molecule has 0 saturated carbocycles. The molecule has 0 fully saturated rings. The van der Waals surface area contributed by atoms with E-state index in [0.717, 1.165) is 22.6 Å². The predicted octanol–water partition coefficient (Wildman–Crippen LogP) is 2.70. The molecule has 28 heavy (non-hydrogen) atoms. The van der Waals surface area contributed by atoms with Crippen molar-refractivity contribution in [3.8, 4) is 11.5 Å². The fourth-order valence-electron chi connectivity index (χ4n) is 2.41. The maximum atomic E-state index is 10.8. The molecule has 2 aromatic carbocycles. The topological polar surface area (TPSA) is 83.5 Å². The largest absolute Gasteiger partial charge is 0.491 e. The lowest BCUT2D eigenvalue weighted by Crippen LogP contribution is -2.13. The van der Waals surface area contributed by atoms with E-state index in [1.54, 1.807) is 6.92 Å². The third-order valence-electron chi connectivity index (χ3n) is 3.62. The summed E-state index contributed by atoms with van der Waals surface area (Å²) >= 11 is 0. The number of hydrogen-bond donors (Lipinski definition) is 1. The van der Waals surface area contributed by atoms with E-state index < -0.39 is 12.3 Å². The van der Waals surface area contributed by atoms with E-state index >= 15 is 0 Å². The SMILES string of the molecule is C=CC(=O)OCCOCCOCCOc1ccc2c(OC(C)O)cccc2c1. The van der Waals surface area contributed by atoms with Gasteiger partial charge in [-0.1, -0.05) is 18.7 Å². The van der Waals surface area contributed by atoms with Crippen LogP contribution in [0.4, 0.5) is 0 Å². The second-order valence-electron chi connectivity index (χ2n) is 5.80. The number of aliphatic hydroxyl groups is 1. The van der Waals surface area contributed by atoms with Gasteiger partial charge in [-0.3, -0.25) is 0 Å². The minimum absolute atomic E-state index is 0.194. The molecule has 7 heteroatoms. The van der Waals surface area contributed by atoms with Crippen molar-refractivity contribution in [2.45, 2.75) is 13.2 Å². The molecule has 7 nitrogen and oxygen atoms in total. The smallest absolute Gasteiger partial charge is 0.330 e. The Kier molecular flexibility index (Phi) is 9.27. The third kappa shape index (κ3) is 7.56. The van der Waals surface area contributed by atoms with Gasteiger partial charge in [0, 0.05) is 11.5 Å². The van der Waals surface area contributed by atoms with E-state index in [1.807, 2.05) is 36.4 Å². The van der Waals surface area contributed by atoms with Crippen molar-refractivity contribution in [1.82, 2.24) is 0 Å². The second-order valence-corrected chi connectivity index (χ2v) is 5.80. The summed E-state index contributed by atoms with van der Waals surface area (Å²) in [5.74, 6) is 0.893. The van der Waals surface area contributed by atoms with Gasteiger partial charge in [0.15, 0.2) is 6.29 Å². The van der Waals surface area contributed by atoms with Gasteiger partial charge in [0.1, 0.15) is 24.7 Å². The van der Waals surface area contributed by atoms with Crippen LogP contribution < -0.4 is 9.47 Å². The molecule has 2 rings (SSSR count). The van der Waals surface area contributed by atoms with Gasteiger partial charge in [0.05, 0.1) is 26.4 Å². The lowest BCUT2D eigenvalue weighted by atomic mass is 10.1. The van der Waals surface area contributed by atoms with Gasteiger partial charge in [0.2, 0.25) is 0 Å². The summed E-state index contributed by atoms with van der Waals surface area (Å²) in [7, 11) is 0. The zero-order chi connectivity index (χ0) is 20.2. The number of hydrogen-bond acceptors (Lipinski definition) is 7. The first-order chi connectivity index (χ1) is 13.6. The van der Waals surface area contributed by atoms with E-state index in [2.05, 4.69) is 6.58 Å². The Morgan fingerprint density at radius 1 is 1.07 bits per heavy atom. The number of esters is 1. The molecule has 0 bridgehead atoms. The number of rotatable bonds is 13. The molecule has 1 N–H and O–H groups in total. The molecule has 2 aromatic rings. The molecule has 1 atom stereocenters. The maximum Gasteiger partial charge on any atom is 0.330 e. The van der Waals surface area contributed by atoms with Crippen LogP contribution in [-0.4, -0.2) is 57.0 Å². The first kappa shape index (κ1) is 21.7. The highest BCUT2D eigenvalue weighted by atomic mass is 16.6. The molecule has 1 unspecified atom stereocenters. The van der Waals surface area contributed by atoms with Crippen molar-refractivity contribution in [2.24, 2.45) is 0 Å². The molecule has 0 amide bonds. The standard InChI is InChI=1S/C21H26O7/c1-3-21(23)27-14-12-25-10-9-24-11-13-26-18-7-8-19-17(15-18)5-4-6-20(19)28-16(2)22/h3-8,15-16,22H,1,9-14H2,2H3. The minimum Gasteiger partial charge on any atom is -0.491 e. The van der Waals surface area contributed by atoms with Crippen LogP contribution in [0, 0.1) is 0 Å². The Hall–Kier alpha value is -2.61. The zero-order valence-corrected chi connectivity index (χ0v) is 16.0. The van der Waals surface area contributed by atoms with Crippen LogP contribution in [0.2, 0.25) is 0 Å². The first-order valence-electron chi connectivity index (χ1n) is 9.05. The third-order valence-corrected chi connectivity index (χ3v) is 3.62. The number of carbonyl (C=O) groups excluding carboxylic acids is 1. The first-order valence-corrected chi connectivity index (χ1v) is 9.05. The molecule has 0 heterocycles. The highest BCUT2D eigenvalue weighted by Crippen LogP contribution is 2.29. The van der Waals surface area contributed by atoms with Crippen molar-refractivity contribution < 1.29 is 33.6 Å². The Bertz CT molecular complexity index is 758. The Balaban J connectivity index is 1.63. The van der Waals surface area contributed by atoms with Crippen LogP contribution in [0.25, 0.3) is 10.8 Å². The van der Waals surface area contributed by atoms with E-state index in [4.69, 9.17) is 23.7 Å². The zero-order valence-electron chi connectivity index (χ0n) is 16.0. The van der Waals surface area contributed by atoms with Gasteiger partial charge in [0.25, 0.3) is 0 Å². The molecule has 152 valence electrons. The van der Waals surface area contributed by atoms with Gasteiger partial charge in [-0.05, 0) is 36.6 Å². The van der Waals surface area contributed by atoms with Gasteiger partial charge in [-0.15, -0.1) is 0 Å². The highest BCUT2D eigenvalue weighted by Gasteiger charge is 2.06. The van der Waals surface area contributed by atoms with E-state index in [9.17, 15) is 9.90 Å². The van der Waals surface area contributed by atoms with Crippen molar-refractivity contribution >= 4 is 16.7 Å². The molecular weight excluding hydrogens is 364 g/mol. The highest BCUT2D eigenvalue weighted by molar-refractivity contribution is 5.89. The number of fused-ring (bicyclic) bond motifs is 1. The average molecular weight is 390 g/mol. The average Bonchev–Trinajstić information content (AvgIpc) is 2.68. The van der Waals surface area contributed by atoms with Crippen molar-refractivity contribution in [1.29, 1.82) is 0 Å². The number of ether oxygens (including phenoxy) is 5. The van der Waals surface area contributed by atoms with Gasteiger partial charge >= 0.3 is 5.97 Å². The van der Waals surface area contributed by atoms with Crippen LogP contribution >= 0.6 is 0 Å². The summed E-state index contributed by atoms with van der Waals surface area (Å²) in [6.07, 6.45) is 0.241. The predicted molar refractivity (Wildman–Crippen MR) is 105 cm³/mol. The van der Waals surface area contributed by atoms with Crippen LogP contribution in [0.1, 0.15) is 6.92 Å². The summed E-state index contributed by atoms with van der Waals surface area (Å²) in [6.45, 7) is 7.06. The molecule has 0 radical (unpaired) electrons. The molecule has 0 aromatic heterocycles. The molecule has 0 aliphatic carbocycles. The van der Waals surface area contributed by atoms with Crippen molar-refractivity contribution in [3.63, 3.8) is 0 Å². The molecule has 0 spiro atoms. The second kappa shape index (κ2) is 12.0. The van der Waals surface area contributed by atoms with Crippen LogP contribution in [0.3, 0.4) is 0 Å². The van der Waals surface area contributed by atoms with Crippen LogP contribution in [-0.2, 0) is 19.0 Å². The fraction of sp³-hybridized carbons (Fsp3) is 0.381. The van der Waals surface area contributed by atoms with Crippen molar-refractivity contribution in [2.75, 3.05) is 39.6 Å². The maximum absolute atomic E-state index is 10.8. The normalized spacial score (nSPS) is 11.8. The molecule has 0 saturated heterocycles. The molecule has 0 aliphatic rings. The molecule has 0 aliphatic heterocycles. The number of benzene rings is 2. The number of aliphatic hydroxyl groups excluding tert-OH is 1. The fourth-order valence-corrected chi connectivity index (χ4v) is 2.41. The Morgan fingerprint density at radius 2 is 1.79 bits per heavy atom. The van der Waals surface area contributed by atoms with Crippen LogP contribution in [0.5, 0.6) is 11.5 Å².